The van der Waals surface area contributed by atoms with Crippen LogP contribution in [0.15, 0.2) is 47.2 Å². The lowest BCUT2D eigenvalue weighted by Crippen LogP contribution is -2.53. The molecule has 1 aromatic rings. The Kier molecular flexibility index (Phi) is 11.1. The zero-order chi connectivity index (χ0) is 25.0. The molecule has 0 aliphatic carbocycles. The predicted molar refractivity (Wildman–Crippen MR) is 122 cm³/mol. The van der Waals surface area contributed by atoms with Crippen molar-refractivity contribution in [3.8, 4) is 0 Å². The fraction of sp³-hybridized carbons (Fsp3) is 0.409. The van der Waals surface area contributed by atoms with Crippen LogP contribution in [0.25, 0.3) is 0 Å². The number of likely N-dealkylation sites (N-methyl/N-ethyl adjacent to an activating group) is 1. The second kappa shape index (κ2) is 13.5. The van der Waals surface area contributed by atoms with E-state index in [1.807, 2.05) is 6.07 Å². The SMILES string of the molecule is CCN(CC)C(=O)C(/C(C)=N/NC(N)=O)N(Cc1ccccc1)/C(=C/C(=O)OC)C(=O)OC. The van der Waals surface area contributed by atoms with Crippen molar-refractivity contribution in [2.75, 3.05) is 27.3 Å². The Balaban J connectivity index is 3.77. The number of urea groups is 1. The highest BCUT2D eigenvalue weighted by molar-refractivity contribution is 6.08. The molecule has 3 N–H and O–H groups in total. The number of nitrogens with two attached hydrogens (primary N) is 1. The fourth-order valence-corrected chi connectivity index (χ4v) is 3.08. The molecule has 0 aliphatic heterocycles. The average molecular weight is 462 g/mol. The highest BCUT2D eigenvalue weighted by Crippen LogP contribution is 2.20. The van der Waals surface area contributed by atoms with Crippen LogP contribution in [0.4, 0.5) is 4.79 Å². The fourth-order valence-electron chi connectivity index (χ4n) is 3.08. The Morgan fingerprint density at radius 1 is 1.09 bits per heavy atom. The van der Waals surface area contributed by atoms with Gasteiger partial charge in [-0.2, -0.15) is 5.10 Å². The normalized spacial score (nSPS) is 12.4. The largest absolute Gasteiger partial charge is 0.466 e. The minimum atomic E-state index is -1.17. The number of benzene rings is 1. The molecule has 1 rings (SSSR count). The maximum Gasteiger partial charge on any atom is 0.354 e. The molecule has 11 nitrogen and oxygen atoms in total. The van der Waals surface area contributed by atoms with Crippen molar-refractivity contribution in [3.63, 3.8) is 0 Å². The van der Waals surface area contributed by atoms with E-state index in [1.54, 1.807) is 43.0 Å². The smallest absolute Gasteiger partial charge is 0.354 e. The molecule has 3 amide bonds. The number of amides is 3. The quantitative estimate of drug-likeness (QED) is 0.216. The number of hydrogen-bond donors (Lipinski definition) is 2. The molecule has 1 aromatic carbocycles. The first-order valence-corrected chi connectivity index (χ1v) is 10.3. The third-order valence-electron chi connectivity index (χ3n) is 4.71. The van der Waals surface area contributed by atoms with Crippen molar-refractivity contribution in [1.82, 2.24) is 15.2 Å². The standard InChI is InChI=1S/C22H31N5O6/c1-6-26(7-2)20(29)19(15(3)24-25-22(23)31)27(14-16-11-9-8-10-12-16)17(21(30)33-5)13-18(28)32-4/h8-13,19H,6-7,14H2,1-5H3,(H3,23,25,31)/b17-13+,24-15+. The summed E-state index contributed by atoms with van der Waals surface area (Å²) in [5.41, 5.74) is 7.91. The molecule has 0 saturated carbocycles. The highest BCUT2D eigenvalue weighted by Gasteiger charge is 2.36. The van der Waals surface area contributed by atoms with Crippen molar-refractivity contribution < 1.29 is 28.7 Å². The number of carbonyl (C=O) groups is 4. The van der Waals surface area contributed by atoms with Gasteiger partial charge in [-0.15, -0.1) is 0 Å². The number of ether oxygens (including phenoxy) is 2. The van der Waals surface area contributed by atoms with Crippen molar-refractivity contribution in [2.45, 2.75) is 33.4 Å². The van der Waals surface area contributed by atoms with Gasteiger partial charge in [0.1, 0.15) is 11.7 Å². The molecule has 11 heteroatoms. The molecule has 0 saturated heterocycles. The topological polar surface area (TPSA) is 144 Å². The summed E-state index contributed by atoms with van der Waals surface area (Å²) in [6.07, 6.45) is 0.950. The Morgan fingerprint density at radius 3 is 2.18 bits per heavy atom. The maximum absolute atomic E-state index is 13.6. The van der Waals surface area contributed by atoms with E-state index < -0.39 is 29.9 Å². The van der Waals surface area contributed by atoms with Crippen LogP contribution >= 0.6 is 0 Å². The molecule has 0 spiro atoms. The van der Waals surface area contributed by atoms with Gasteiger partial charge < -0.3 is 25.0 Å². The van der Waals surface area contributed by atoms with Crippen molar-refractivity contribution in [2.24, 2.45) is 10.8 Å². The van der Waals surface area contributed by atoms with Crippen molar-refractivity contribution in [1.29, 1.82) is 0 Å². The first-order chi connectivity index (χ1) is 15.7. The van der Waals surface area contributed by atoms with Gasteiger partial charge in [-0.25, -0.2) is 19.8 Å². The molecule has 1 unspecified atom stereocenters. The lowest BCUT2D eigenvalue weighted by atomic mass is 10.1. The van der Waals surface area contributed by atoms with Crippen molar-refractivity contribution >= 4 is 29.6 Å². The third kappa shape index (κ3) is 7.95. The number of nitrogens with zero attached hydrogens (tertiary/aromatic N) is 3. The van der Waals surface area contributed by atoms with E-state index in [1.165, 1.54) is 11.8 Å². The van der Waals surface area contributed by atoms with Crippen molar-refractivity contribution in [3.05, 3.63) is 47.7 Å². The van der Waals surface area contributed by atoms with E-state index in [4.69, 9.17) is 15.2 Å². The number of carbonyl (C=O) groups excluding carboxylic acids is 4. The van der Waals surface area contributed by atoms with Gasteiger partial charge in [0.2, 0.25) is 0 Å². The van der Waals surface area contributed by atoms with Gasteiger partial charge in [0.15, 0.2) is 0 Å². The molecule has 0 radical (unpaired) electrons. The van der Waals surface area contributed by atoms with Gasteiger partial charge in [0, 0.05) is 19.6 Å². The third-order valence-corrected chi connectivity index (χ3v) is 4.71. The lowest BCUT2D eigenvalue weighted by Gasteiger charge is -2.36. The molecular weight excluding hydrogens is 430 g/mol. The number of primary amides is 1. The minimum Gasteiger partial charge on any atom is -0.466 e. The molecule has 180 valence electrons. The van der Waals surface area contributed by atoms with E-state index in [2.05, 4.69) is 10.5 Å². The Morgan fingerprint density at radius 2 is 1.70 bits per heavy atom. The van der Waals surface area contributed by atoms with Gasteiger partial charge in [0.25, 0.3) is 5.91 Å². The van der Waals surface area contributed by atoms with Gasteiger partial charge >= 0.3 is 18.0 Å². The number of hydrogen-bond acceptors (Lipinski definition) is 8. The van der Waals surface area contributed by atoms with Crippen LogP contribution in [0, 0.1) is 0 Å². The summed E-state index contributed by atoms with van der Waals surface area (Å²) in [7, 11) is 2.32. The van der Waals surface area contributed by atoms with Crippen LogP contribution in [0.1, 0.15) is 26.3 Å². The molecule has 0 aliphatic rings. The molecule has 33 heavy (non-hydrogen) atoms. The van der Waals surface area contributed by atoms with Gasteiger partial charge in [0.05, 0.1) is 26.0 Å². The summed E-state index contributed by atoms with van der Waals surface area (Å²) >= 11 is 0. The van der Waals surface area contributed by atoms with Crippen LogP contribution in [-0.4, -0.2) is 72.7 Å². The Hall–Kier alpha value is -3.89. The zero-order valence-corrected chi connectivity index (χ0v) is 19.5. The summed E-state index contributed by atoms with van der Waals surface area (Å²) in [4.78, 5) is 52.5. The Labute approximate surface area is 193 Å². The summed E-state index contributed by atoms with van der Waals surface area (Å²) in [6.45, 7) is 5.93. The van der Waals surface area contributed by atoms with E-state index in [9.17, 15) is 19.2 Å². The Bertz CT molecular complexity index is 896. The molecule has 0 fully saturated rings. The predicted octanol–water partition coefficient (Wildman–Crippen LogP) is 1.000. The number of nitrogens with one attached hydrogen (secondary N) is 1. The van der Waals surface area contributed by atoms with Crippen LogP contribution < -0.4 is 11.2 Å². The molecule has 1 atom stereocenters. The summed E-state index contributed by atoms with van der Waals surface area (Å²) in [5, 5.41) is 3.93. The van der Waals surface area contributed by atoms with E-state index in [0.29, 0.717) is 13.1 Å². The number of hydrazone groups is 1. The first kappa shape index (κ1) is 27.1. The number of methoxy groups -OCH3 is 2. The van der Waals surface area contributed by atoms with Crippen LogP contribution in [0.2, 0.25) is 0 Å². The van der Waals surface area contributed by atoms with E-state index >= 15 is 0 Å². The monoisotopic (exact) mass is 461 g/mol. The number of rotatable bonds is 11. The first-order valence-electron chi connectivity index (χ1n) is 10.3. The molecule has 0 aromatic heterocycles. The molecule has 0 bridgehead atoms. The maximum atomic E-state index is 13.6. The minimum absolute atomic E-state index is 0.0415. The van der Waals surface area contributed by atoms with Crippen LogP contribution in [0.3, 0.4) is 0 Å². The summed E-state index contributed by atoms with van der Waals surface area (Å²) in [5.74, 6) is -2.07. The van der Waals surface area contributed by atoms with Crippen LogP contribution in [0.5, 0.6) is 0 Å². The zero-order valence-electron chi connectivity index (χ0n) is 19.5. The van der Waals surface area contributed by atoms with Gasteiger partial charge in [-0.1, -0.05) is 30.3 Å². The molecular formula is C22H31N5O6. The second-order valence-electron chi connectivity index (χ2n) is 6.80. The number of esters is 2. The second-order valence-corrected chi connectivity index (χ2v) is 6.80. The summed E-state index contributed by atoms with van der Waals surface area (Å²) in [6, 6.07) is 6.92. The van der Waals surface area contributed by atoms with Crippen LogP contribution in [-0.2, 0) is 30.4 Å². The van der Waals surface area contributed by atoms with Gasteiger partial charge in [-0.3, -0.25) is 4.79 Å². The highest BCUT2D eigenvalue weighted by atomic mass is 16.5. The van der Waals surface area contributed by atoms with E-state index in [0.717, 1.165) is 25.9 Å². The summed E-state index contributed by atoms with van der Waals surface area (Å²) < 4.78 is 9.58. The van der Waals surface area contributed by atoms with Gasteiger partial charge in [-0.05, 0) is 26.3 Å². The average Bonchev–Trinajstić information content (AvgIpc) is 2.81. The lowest BCUT2D eigenvalue weighted by molar-refractivity contribution is -0.141. The molecule has 0 heterocycles. The van der Waals surface area contributed by atoms with E-state index in [-0.39, 0.29) is 18.0 Å².